The first kappa shape index (κ1) is 13.7. The molecule has 1 fully saturated rings. The van der Waals surface area contributed by atoms with E-state index in [1.54, 1.807) is 4.90 Å². The smallest absolute Gasteiger partial charge is 0.308 e. The first-order valence-corrected chi connectivity index (χ1v) is 5.82. The fraction of sp³-hybridized carbons (Fsp3) is 0.364. The number of nitrogens with two attached hydrogens (primary N) is 1. The van der Waals surface area contributed by atoms with Gasteiger partial charge in [-0.25, -0.2) is 4.98 Å². The first-order chi connectivity index (χ1) is 9.40. The summed E-state index contributed by atoms with van der Waals surface area (Å²) in [6, 6.07) is 1.05. The molecule has 20 heavy (non-hydrogen) atoms. The number of aliphatic carboxylic acids is 1. The Morgan fingerprint density at radius 3 is 2.75 bits per heavy atom. The Hall–Kier alpha value is -2.71. The van der Waals surface area contributed by atoms with Crippen molar-refractivity contribution in [3.8, 4) is 0 Å². The number of aromatic nitrogens is 1. The molecule has 0 aromatic carbocycles. The van der Waals surface area contributed by atoms with Gasteiger partial charge in [0, 0.05) is 19.2 Å². The van der Waals surface area contributed by atoms with Crippen LogP contribution in [0.2, 0.25) is 0 Å². The Kier molecular flexibility index (Phi) is 3.51. The van der Waals surface area contributed by atoms with Crippen molar-refractivity contribution in [2.75, 3.05) is 18.0 Å². The lowest BCUT2D eigenvalue weighted by molar-refractivity contribution is -0.385. The number of hydrogen-bond donors (Lipinski definition) is 2. The van der Waals surface area contributed by atoms with Crippen LogP contribution in [0.3, 0.4) is 0 Å². The molecule has 0 radical (unpaired) electrons. The molecule has 0 spiro atoms. The number of rotatable bonds is 4. The number of anilines is 1. The molecule has 1 aliphatic heterocycles. The van der Waals surface area contributed by atoms with Gasteiger partial charge in [0.05, 0.1) is 16.4 Å². The molecule has 2 heterocycles. The number of primary amides is 1. The van der Waals surface area contributed by atoms with Crippen LogP contribution in [0.4, 0.5) is 11.5 Å². The zero-order chi connectivity index (χ0) is 14.9. The number of nitro groups is 1. The van der Waals surface area contributed by atoms with Crippen molar-refractivity contribution in [3.05, 3.63) is 27.9 Å². The molecule has 0 aliphatic carbocycles. The number of carboxylic acid groups (broad SMARTS) is 1. The van der Waals surface area contributed by atoms with Crippen LogP contribution in [-0.2, 0) is 4.79 Å². The van der Waals surface area contributed by atoms with E-state index in [-0.39, 0.29) is 23.6 Å². The molecule has 3 N–H and O–H groups in total. The van der Waals surface area contributed by atoms with Crippen molar-refractivity contribution >= 4 is 23.4 Å². The van der Waals surface area contributed by atoms with Gasteiger partial charge in [-0.2, -0.15) is 0 Å². The van der Waals surface area contributed by atoms with E-state index >= 15 is 0 Å². The van der Waals surface area contributed by atoms with Crippen LogP contribution in [0.1, 0.15) is 16.8 Å². The zero-order valence-corrected chi connectivity index (χ0v) is 10.4. The van der Waals surface area contributed by atoms with Gasteiger partial charge in [0.1, 0.15) is 12.0 Å². The highest BCUT2D eigenvalue weighted by Gasteiger charge is 2.31. The van der Waals surface area contributed by atoms with Crippen LogP contribution >= 0.6 is 0 Å². The summed E-state index contributed by atoms with van der Waals surface area (Å²) in [6.07, 6.45) is 1.45. The second kappa shape index (κ2) is 5.11. The second-order valence-electron chi connectivity index (χ2n) is 4.46. The molecule has 1 aliphatic rings. The molecule has 0 bridgehead atoms. The SMILES string of the molecule is NC(=O)c1cc([N+](=O)[O-])cnc1N1CCC(C(=O)O)C1. The Balaban J connectivity index is 2.35. The largest absolute Gasteiger partial charge is 0.481 e. The second-order valence-corrected chi connectivity index (χ2v) is 4.46. The molecule has 9 heteroatoms. The van der Waals surface area contributed by atoms with E-state index < -0.39 is 22.7 Å². The fourth-order valence-corrected chi connectivity index (χ4v) is 2.13. The first-order valence-electron chi connectivity index (χ1n) is 5.82. The third kappa shape index (κ3) is 2.51. The monoisotopic (exact) mass is 280 g/mol. The lowest BCUT2D eigenvalue weighted by atomic mass is 10.1. The topological polar surface area (TPSA) is 140 Å². The minimum absolute atomic E-state index is 0.0785. The number of carbonyl (C=O) groups excluding carboxylic acids is 1. The molecule has 1 saturated heterocycles. The number of hydrogen-bond acceptors (Lipinski definition) is 6. The third-order valence-corrected chi connectivity index (χ3v) is 3.17. The number of nitrogens with zero attached hydrogens (tertiary/aromatic N) is 3. The Labute approximate surface area is 113 Å². The fourth-order valence-electron chi connectivity index (χ4n) is 2.13. The number of amides is 1. The van der Waals surface area contributed by atoms with Crippen LogP contribution in [0.5, 0.6) is 0 Å². The summed E-state index contributed by atoms with van der Waals surface area (Å²) >= 11 is 0. The molecule has 106 valence electrons. The van der Waals surface area contributed by atoms with E-state index in [0.29, 0.717) is 13.0 Å². The molecule has 1 amide bonds. The maximum absolute atomic E-state index is 11.4. The molecule has 1 aromatic rings. The Bertz CT molecular complexity index is 588. The maximum Gasteiger partial charge on any atom is 0.308 e. The van der Waals surface area contributed by atoms with Crippen molar-refractivity contribution in [2.45, 2.75) is 6.42 Å². The van der Waals surface area contributed by atoms with Gasteiger partial charge >= 0.3 is 5.97 Å². The van der Waals surface area contributed by atoms with Crippen LogP contribution in [0.15, 0.2) is 12.3 Å². The van der Waals surface area contributed by atoms with E-state index in [0.717, 1.165) is 12.3 Å². The summed E-state index contributed by atoms with van der Waals surface area (Å²) in [5.74, 6) is -2.12. The average molecular weight is 280 g/mol. The van der Waals surface area contributed by atoms with Gasteiger partial charge in [0.25, 0.3) is 11.6 Å². The third-order valence-electron chi connectivity index (χ3n) is 3.17. The van der Waals surface area contributed by atoms with Gasteiger partial charge in [0.2, 0.25) is 0 Å². The van der Waals surface area contributed by atoms with E-state index in [4.69, 9.17) is 10.8 Å². The summed E-state index contributed by atoms with van der Waals surface area (Å²) < 4.78 is 0. The lowest BCUT2D eigenvalue weighted by Gasteiger charge is -2.18. The van der Waals surface area contributed by atoms with Crippen LogP contribution in [-0.4, -0.2) is 40.0 Å². The zero-order valence-electron chi connectivity index (χ0n) is 10.4. The molecule has 9 nitrogen and oxygen atoms in total. The minimum atomic E-state index is -0.921. The van der Waals surface area contributed by atoms with E-state index in [1.807, 2.05) is 0 Å². The molecule has 1 unspecified atom stereocenters. The number of pyridine rings is 1. The van der Waals surface area contributed by atoms with Crippen molar-refractivity contribution in [1.29, 1.82) is 0 Å². The van der Waals surface area contributed by atoms with Crippen LogP contribution in [0.25, 0.3) is 0 Å². The predicted octanol–water partition coefficient (Wildman–Crippen LogP) is -0.000400. The number of carboxylic acids is 1. The van der Waals surface area contributed by atoms with Crippen molar-refractivity contribution in [2.24, 2.45) is 11.7 Å². The molecular formula is C11H12N4O5. The summed E-state index contributed by atoms with van der Waals surface area (Å²) in [6.45, 7) is 0.600. The standard InChI is InChI=1S/C11H12N4O5/c12-9(16)8-3-7(15(19)20)4-13-10(8)14-2-1-6(5-14)11(17)18/h3-4,6H,1-2,5H2,(H2,12,16)(H,17,18). The maximum atomic E-state index is 11.4. The van der Waals surface area contributed by atoms with E-state index in [9.17, 15) is 19.7 Å². The molecule has 1 atom stereocenters. The Morgan fingerprint density at radius 1 is 1.55 bits per heavy atom. The van der Waals surface area contributed by atoms with Crippen LogP contribution < -0.4 is 10.6 Å². The van der Waals surface area contributed by atoms with Gasteiger partial charge in [-0.3, -0.25) is 19.7 Å². The van der Waals surface area contributed by atoms with Crippen molar-refractivity contribution in [3.63, 3.8) is 0 Å². The van der Waals surface area contributed by atoms with E-state index in [1.165, 1.54) is 0 Å². The lowest BCUT2D eigenvalue weighted by Crippen LogP contribution is -2.27. The average Bonchev–Trinajstić information content (AvgIpc) is 2.87. The van der Waals surface area contributed by atoms with Gasteiger partial charge in [-0.05, 0) is 6.42 Å². The van der Waals surface area contributed by atoms with Crippen molar-refractivity contribution in [1.82, 2.24) is 4.98 Å². The number of carbonyl (C=O) groups is 2. The summed E-state index contributed by atoms with van der Waals surface area (Å²) in [5, 5.41) is 19.6. The van der Waals surface area contributed by atoms with Gasteiger partial charge in [-0.1, -0.05) is 0 Å². The highest BCUT2D eigenvalue weighted by atomic mass is 16.6. The van der Waals surface area contributed by atoms with Gasteiger partial charge < -0.3 is 15.7 Å². The molecular weight excluding hydrogens is 268 g/mol. The highest BCUT2D eigenvalue weighted by Crippen LogP contribution is 2.27. The van der Waals surface area contributed by atoms with Crippen molar-refractivity contribution < 1.29 is 19.6 Å². The van der Waals surface area contributed by atoms with Gasteiger partial charge in [-0.15, -0.1) is 0 Å². The summed E-state index contributed by atoms with van der Waals surface area (Å²) in [4.78, 5) is 37.8. The minimum Gasteiger partial charge on any atom is -0.481 e. The quantitative estimate of drug-likeness (QED) is 0.584. The van der Waals surface area contributed by atoms with Crippen LogP contribution in [0, 0.1) is 16.0 Å². The molecule has 0 saturated carbocycles. The molecule has 2 rings (SSSR count). The van der Waals surface area contributed by atoms with E-state index in [2.05, 4.69) is 4.98 Å². The predicted molar refractivity (Wildman–Crippen MR) is 67.4 cm³/mol. The summed E-state index contributed by atoms with van der Waals surface area (Å²) in [7, 11) is 0. The molecule has 1 aromatic heterocycles. The van der Waals surface area contributed by atoms with Gasteiger partial charge in [0.15, 0.2) is 0 Å². The summed E-state index contributed by atoms with van der Waals surface area (Å²) in [5.41, 5.74) is 4.79. The highest BCUT2D eigenvalue weighted by molar-refractivity contribution is 5.98. The Morgan fingerprint density at radius 2 is 2.25 bits per heavy atom. The normalized spacial score (nSPS) is 18.0.